The van der Waals surface area contributed by atoms with Crippen molar-refractivity contribution in [2.75, 3.05) is 39.8 Å². The van der Waals surface area contributed by atoms with Gasteiger partial charge in [-0.1, -0.05) is 28.1 Å². The van der Waals surface area contributed by atoms with Crippen LogP contribution in [0, 0.1) is 17.8 Å². The van der Waals surface area contributed by atoms with Gasteiger partial charge in [0.25, 0.3) is 0 Å². The highest BCUT2D eigenvalue weighted by molar-refractivity contribution is 9.10. The average molecular weight is 391 g/mol. The molecule has 1 saturated carbocycles. The Labute approximate surface area is 153 Å². The van der Waals surface area contributed by atoms with E-state index in [1.165, 1.54) is 38.0 Å². The van der Waals surface area contributed by atoms with E-state index >= 15 is 0 Å². The summed E-state index contributed by atoms with van der Waals surface area (Å²) >= 11 is 3.58. The predicted octanol–water partition coefficient (Wildman–Crippen LogP) is 3.79. The summed E-state index contributed by atoms with van der Waals surface area (Å²) in [6, 6.07) is 6.29. The highest BCUT2D eigenvalue weighted by Crippen LogP contribution is 2.43. The third-order valence-electron chi connectivity index (χ3n) is 6.01. The molecule has 1 aromatic rings. The first kappa shape index (κ1) is 16.6. The highest BCUT2D eigenvalue weighted by Gasteiger charge is 2.36. The second-order valence-corrected chi connectivity index (χ2v) is 8.49. The quantitative estimate of drug-likeness (QED) is 0.711. The van der Waals surface area contributed by atoms with Crippen LogP contribution < -0.4 is 4.74 Å². The summed E-state index contributed by atoms with van der Waals surface area (Å²) < 4.78 is 6.64. The fourth-order valence-electron chi connectivity index (χ4n) is 4.68. The molecule has 1 aliphatic heterocycles. The van der Waals surface area contributed by atoms with Crippen LogP contribution in [0.1, 0.15) is 18.4 Å². The van der Waals surface area contributed by atoms with Gasteiger partial charge in [0.2, 0.25) is 0 Å². The molecule has 2 fully saturated rings. The largest absolute Gasteiger partial charge is 0.496 e. The minimum Gasteiger partial charge on any atom is -0.496 e. The van der Waals surface area contributed by atoms with Gasteiger partial charge in [0.15, 0.2) is 0 Å². The molecule has 0 spiro atoms. The molecule has 3 nitrogen and oxygen atoms in total. The Bertz CT molecular complexity index is 610. The summed E-state index contributed by atoms with van der Waals surface area (Å²) in [6.07, 6.45) is 7.78. The van der Waals surface area contributed by atoms with Crippen LogP contribution in [0.3, 0.4) is 0 Å². The third-order valence-corrected chi connectivity index (χ3v) is 6.50. The molecule has 3 aliphatic rings. The number of ether oxygens (including phenoxy) is 1. The van der Waals surface area contributed by atoms with Crippen molar-refractivity contribution in [2.24, 2.45) is 17.8 Å². The second-order valence-electron chi connectivity index (χ2n) is 7.57. The number of hydrogen-bond donors (Lipinski definition) is 0. The lowest BCUT2D eigenvalue weighted by molar-refractivity contribution is 0.108. The fraction of sp³-hybridized carbons (Fsp3) is 0.600. The maximum absolute atomic E-state index is 5.52. The second kappa shape index (κ2) is 7.19. The van der Waals surface area contributed by atoms with Crippen LogP contribution in [-0.4, -0.2) is 49.6 Å². The Morgan fingerprint density at radius 3 is 2.54 bits per heavy atom. The topological polar surface area (TPSA) is 15.7 Å². The molecule has 1 aromatic carbocycles. The van der Waals surface area contributed by atoms with Crippen molar-refractivity contribution in [3.63, 3.8) is 0 Å². The smallest absolute Gasteiger partial charge is 0.123 e. The first-order valence-electron chi connectivity index (χ1n) is 9.16. The summed E-state index contributed by atoms with van der Waals surface area (Å²) in [5, 5.41) is 0. The highest BCUT2D eigenvalue weighted by atomic mass is 79.9. The van der Waals surface area contributed by atoms with Crippen LogP contribution in [0.4, 0.5) is 0 Å². The molecule has 0 aromatic heterocycles. The molecule has 0 amide bonds. The molecule has 0 unspecified atom stereocenters. The van der Waals surface area contributed by atoms with Crippen molar-refractivity contribution in [3.05, 3.63) is 40.4 Å². The lowest BCUT2D eigenvalue weighted by atomic mass is 9.93. The SMILES string of the molecule is COc1ccc(Br)cc1CN1CCN(C[C@H]2C[C@@H]3C=C[C@H]2C3)CC1. The van der Waals surface area contributed by atoms with Gasteiger partial charge in [-0.15, -0.1) is 0 Å². The van der Waals surface area contributed by atoms with Crippen molar-refractivity contribution in [1.29, 1.82) is 0 Å². The maximum Gasteiger partial charge on any atom is 0.123 e. The van der Waals surface area contributed by atoms with E-state index in [9.17, 15) is 0 Å². The van der Waals surface area contributed by atoms with Gasteiger partial charge in [0, 0.05) is 49.3 Å². The van der Waals surface area contributed by atoms with Crippen molar-refractivity contribution >= 4 is 15.9 Å². The molecule has 4 heteroatoms. The fourth-order valence-corrected chi connectivity index (χ4v) is 5.09. The van der Waals surface area contributed by atoms with Crippen molar-refractivity contribution in [2.45, 2.75) is 19.4 Å². The maximum atomic E-state index is 5.52. The number of methoxy groups -OCH3 is 1. The summed E-state index contributed by atoms with van der Waals surface area (Å²) in [5.41, 5.74) is 1.28. The predicted molar refractivity (Wildman–Crippen MR) is 101 cm³/mol. The van der Waals surface area contributed by atoms with Gasteiger partial charge in [-0.25, -0.2) is 0 Å². The van der Waals surface area contributed by atoms with E-state index in [-0.39, 0.29) is 0 Å². The van der Waals surface area contributed by atoms with E-state index in [1.54, 1.807) is 7.11 Å². The first-order valence-corrected chi connectivity index (χ1v) is 9.96. The van der Waals surface area contributed by atoms with Gasteiger partial charge in [0.05, 0.1) is 7.11 Å². The minimum absolute atomic E-state index is 0.874. The Balaban J connectivity index is 1.29. The number of halogens is 1. The van der Waals surface area contributed by atoms with Crippen LogP contribution in [0.2, 0.25) is 0 Å². The molecule has 24 heavy (non-hydrogen) atoms. The zero-order valence-electron chi connectivity index (χ0n) is 14.5. The number of fused-ring (bicyclic) bond motifs is 2. The van der Waals surface area contributed by atoms with Crippen molar-refractivity contribution in [1.82, 2.24) is 9.80 Å². The molecule has 2 aliphatic carbocycles. The lowest BCUT2D eigenvalue weighted by Crippen LogP contribution is -2.47. The zero-order valence-corrected chi connectivity index (χ0v) is 16.0. The van der Waals surface area contributed by atoms with Gasteiger partial charge < -0.3 is 9.64 Å². The number of piperazine rings is 1. The normalized spacial score (nSPS) is 30.2. The summed E-state index contributed by atoms with van der Waals surface area (Å²) in [7, 11) is 1.76. The molecule has 1 heterocycles. The zero-order chi connectivity index (χ0) is 16.5. The number of rotatable bonds is 5. The number of benzene rings is 1. The molecule has 3 atom stereocenters. The van der Waals surface area contributed by atoms with Gasteiger partial charge >= 0.3 is 0 Å². The average Bonchev–Trinajstić information content (AvgIpc) is 3.20. The van der Waals surface area contributed by atoms with Crippen LogP contribution >= 0.6 is 15.9 Å². The molecule has 0 radical (unpaired) electrons. The molecular formula is C20H27BrN2O. The first-order chi connectivity index (χ1) is 11.7. The standard InChI is InChI=1S/C20H27BrN2O/c1-24-20-5-4-19(21)12-18(20)14-23-8-6-22(7-9-23)13-17-11-15-2-3-16(17)10-15/h2-5,12,15-17H,6-11,13-14H2,1H3/t15-,16+,17-/m1/s1. The van der Waals surface area contributed by atoms with Crippen LogP contribution in [0.15, 0.2) is 34.8 Å². The van der Waals surface area contributed by atoms with Crippen LogP contribution in [0.5, 0.6) is 5.75 Å². The van der Waals surface area contributed by atoms with E-state index in [0.717, 1.165) is 47.6 Å². The summed E-state index contributed by atoms with van der Waals surface area (Å²) in [6.45, 7) is 7.01. The summed E-state index contributed by atoms with van der Waals surface area (Å²) in [4.78, 5) is 5.25. The van der Waals surface area contributed by atoms with E-state index in [1.807, 2.05) is 6.07 Å². The monoisotopic (exact) mass is 390 g/mol. The molecule has 0 N–H and O–H groups in total. The molecule has 4 rings (SSSR count). The van der Waals surface area contributed by atoms with E-state index in [0.29, 0.717) is 0 Å². The van der Waals surface area contributed by atoms with Gasteiger partial charge in [-0.2, -0.15) is 0 Å². The van der Waals surface area contributed by atoms with Crippen molar-refractivity contribution < 1.29 is 4.74 Å². The lowest BCUT2D eigenvalue weighted by Gasteiger charge is -2.37. The Morgan fingerprint density at radius 1 is 1.08 bits per heavy atom. The van der Waals surface area contributed by atoms with Crippen LogP contribution in [-0.2, 0) is 6.54 Å². The van der Waals surface area contributed by atoms with Gasteiger partial charge in [0.1, 0.15) is 5.75 Å². The Morgan fingerprint density at radius 2 is 1.88 bits per heavy atom. The Kier molecular flexibility index (Phi) is 4.98. The molecule has 1 saturated heterocycles. The van der Waals surface area contributed by atoms with Gasteiger partial charge in [-0.05, 0) is 48.8 Å². The Hall–Kier alpha value is -0.840. The third kappa shape index (κ3) is 3.56. The minimum atomic E-state index is 0.874. The van der Waals surface area contributed by atoms with E-state index < -0.39 is 0 Å². The number of hydrogen-bond acceptors (Lipinski definition) is 3. The molecular weight excluding hydrogens is 364 g/mol. The number of allylic oxidation sites excluding steroid dienone is 2. The van der Waals surface area contributed by atoms with Crippen molar-refractivity contribution in [3.8, 4) is 5.75 Å². The summed E-state index contributed by atoms with van der Waals surface area (Å²) in [5.74, 6) is 3.68. The van der Waals surface area contributed by atoms with Gasteiger partial charge in [-0.3, -0.25) is 4.90 Å². The van der Waals surface area contributed by atoms with E-state index in [2.05, 4.69) is 50.0 Å². The van der Waals surface area contributed by atoms with Crippen LogP contribution in [0.25, 0.3) is 0 Å². The molecule has 2 bridgehead atoms. The van der Waals surface area contributed by atoms with E-state index in [4.69, 9.17) is 4.74 Å². The molecule has 130 valence electrons. The number of nitrogens with zero attached hydrogens (tertiary/aromatic N) is 2.